The largest absolute Gasteiger partial charge is 0.358 e. The average molecular weight is 345 g/mol. The van der Waals surface area contributed by atoms with Gasteiger partial charge in [-0.15, -0.1) is 0 Å². The van der Waals surface area contributed by atoms with Gasteiger partial charge in [0.05, 0.1) is 6.17 Å². The van der Waals surface area contributed by atoms with Crippen LogP contribution in [0.3, 0.4) is 0 Å². The van der Waals surface area contributed by atoms with E-state index in [0.29, 0.717) is 12.1 Å². The predicted octanol–water partition coefficient (Wildman–Crippen LogP) is 4.73. The molecule has 1 aromatic heterocycles. The highest BCUT2D eigenvalue weighted by Crippen LogP contribution is 2.41. The Bertz CT molecular complexity index is 873. The van der Waals surface area contributed by atoms with E-state index < -0.39 is 0 Å². The van der Waals surface area contributed by atoms with Crippen molar-refractivity contribution < 1.29 is 0 Å². The second-order valence-corrected chi connectivity index (χ2v) is 7.90. The normalized spacial score (nSPS) is 24.7. The van der Waals surface area contributed by atoms with Crippen molar-refractivity contribution in [2.75, 3.05) is 26.7 Å². The van der Waals surface area contributed by atoms with Gasteiger partial charge in [0.2, 0.25) is 0 Å². The van der Waals surface area contributed by atoms with Crippen molar-refractivity contribution in [3.8, 4) is 0 Å². The van der Waals surface area contributed by atoms with E-state index in [-0.39, 0.29) is 0 Å². The summed E-state index contributed by atoms with van der Waals surface area (Å²) in [6.45, 7) is 3.51. The maximum atomic E-state index is 3.68. The third-order valence-electron chi connectivity index (χ3n) is 6.20. The Kier molecular flexibility index (Phi) is 4.07. The SMILES string of the molecule is CN1CC(c2cc3ccccc3[nH]2)c2ccccc2C1N1CCCCC1. The van der Waals surface area contributed by atoms with Crippen molar-refractivity contribution in [1.29, 1.82) is 0 Å². The van der Waals surface area contributed by atoms with E-state index >= 15 is 0 Å². The van der Waals surface area contributed by atoms with E-state index in [1.165, 1.54) is 60.1 Å². The Morgan fingerprint density at radius 3 is 2.42 bits per heavy atom. The summed E-state index contributed by atoms with van der Waals surface area (Å²) in [6, 6.07) is 20.0. The fourth-order valence-electron chi connectivity index (χ4n) is 4.97. The molecule has 0 amide bonds. The van der Waals surface area contributed by atoms with Gasteiger partial charge in [0.25, 0.3) is 0 Å². The van der Waals surface area contributed by atoms with Gasteiger partial charge in [0.15, 0.2) is 0 Å². The number of likely N-dealkylation sites (tertiary alicyclic amines) is 1. The van der Waals surface area contributed by atoms with Crippen LogP contribution < -0.4 is 0 Å². The number of nitrogens with zero attached hydrogens (tertiary/aromatic N) is 2. The molecular formula is C23H27N3. The quantitative estimate of drug-likeness (QED) is 0.725. The maximum Gasteiger partial charge on any atom is 0.0886 e. The van der Waals surface area contributed by atoms with E-state index in [4.69, 9.17) is 0 Å². The molecule has 2 unspecified atom stereocenters. The summed E-state index contributed by atoms with van der Waals surface area (Å²) in [5, 5.41) is 1.31. The second kappa shape index (κ2) is 6.57. The lowest BCUT2D eigenvalue weighted by Gasteiger charge is -2.45. The lowest BCUT2D eigenvalue weighted by molar-refractivity contribution is 0.0335. The zero-order chi connectivity index (χ0) is 17.5. The van der Waals surface area contributed by atoms with Gasteiger partial charge < -0.3 is 4.98 Å². The highest BCUT2D eigenvalue weighted by Gasteiger charge is 2.35. The van der Waals surface area contributed by atoms with Gasteiger partial charge in [-0.3, -0.25) is 9.80 Å². The summed E-state index contributed by atoms with van der Waals surface area (Å²) < 4.78 is 0. The van der Waals surface area contributed by atoms with Crippen LogP contribution >= 0.6 is 0 Å². The number of aromatic nitrogens is 1. The first-order chi connectivity index (χ1) is 12.8. The minimum absolute atomic E-state index is 0.407. The van der Waals surface area contributed by atoms with Crippen molar-refractivity contribution in [3.63, 3.8) is 0 Å². The third kappa shape index (κ3) is 2.67. The van der Waals surface area contributed by atoms with Crippen molar-refractivity contribution in [2.45, 2.75) is 31.3 Å². The first-order valence-corrected chi connectivity index (χ1v) is 9.92. The van der Waals surface area contributed by atoms with E-state index in [1.54, 1.807) is 0 Å². The van der Waals surface area contributed by atoms with Crippen LogP contribution in [0.25, 0.3) is 10.9 Å². The Morgan fingerprint density at radius 2 is 1.62 bits per heavy atom. The van der Waals surface area contributed by atoms with Crippen molar-refractivity contribution >= 4 is 10.9 Å². The number of H-pyrrole nitrogens is 1. The molecule has 3 heterocycles. The summed E-state index contributed by atoms with van der Waals surface area (Å²) in [7, 11) is 2.30. The predicted molar refractivity (Wildman–Crippen MR) is 107 cm³/mol. The molecule has 0 radical (unpaired) electrons. The fraction of sp³-hybridized carbons (Fsp3) is 0.391. The highest BCUT2D eigenvalue weighted by molar-refractivity contribution is 5.80. The Balaban J connectivity index is 1.57. The minimum atomic E-state index is 0.407. The van der Waals surface area contributed by atoms with Crippen LogP contribution in [0.5, 0.6) is 0 Å². The van der Waals surface area contributed by atoms with E-state index in [2.05, 4.69) is 76.4 Å². The number of hydrogen-bond acceptors (Lipinski definition) is 2. The molecule has 2 aliphatic heterocycles. The van der Waals surface area contributed by atoms with Gasteiger partial charge in [-0.1, -0.05) is 48.9 Å². The molecule has 2 aromatic carbocycles. The third-order valence-corrected chi connectivity index (χ3v) is 6.20. The van der Waals surface area contributed by atoms with Gasteiger partial charge in [-0.2, -0.15) is 0 Å². The Labute approximate surface area is 155 Å². The molecule has 1 saturated heterocycles. The summed E-state index contributed by atoms with van der Waals surface area (Å²) in [4.78, 5) is 8.92. The number of aromatic amines is 1. The van der Waals surface area contributed by atoms with E-state index in [0.717, 1.165) is 6.54 Å². The number of fused-ring (bicyclic) bond motifs is 2. The fourth-order valence-corrected chi connectivity index (χ4v) is 4.97. The van der Waals surface area contributed by atoms with E-state index in [1.807, 2.05) is 0 Å². The molecule has 1 N–H and O–H groups in total. The molecule has 3 heteroatoms. The maximum absolute atomic E-state index is 3.68. The van der Waals surface area contributed by atoms with Gasteiger partial charge in [0.1, 0.15) is 0 Å². The highest BCUT2D eigenvalue weighted by atomic mass is 15.3. The average Bonchev–Trinajstić information content (AvgIpc) is 3.12. The van der Waals surface area contributed by atoms with Crippen LogP contribution in [0, 0.1) is 0 Å². The van der Waals surface area contributed by atoms with Crippen molar-refractivity contribution in [2.24, 2.45) is 0 Å². The molecule has 3 aromatic rings. The van der Waals surface area contributed by atoms with E-state index in [9.17, 15) is 0 Å². The second-order valence-electron chi connectivity index (χ2n) is 7.90. The molecule has 3 nitrogen and oxygen atoms in total. The first-order valence-electron chi connectivity index (χ1n) is 9.92. The number of likely N-dealkylation sites (N-methyl/N-ethyl adjacent to an activating group) is 1. The minimum Gasteiger partial charge on any atom is -0.358 e. The van der Waals surface area contributed by atoms with Gasteiger partial charge in [-0.25, -0.2) is 0 Å². The molecule has 134 valence electrons. The molecule has 0 bridgehead atoms. The van der Waals surface area contributed by atoms with Crippen LogP contribution in [0.15, 0.2) is 54.6 Å². The molecule has 26 heavy (non-hydrogen) atoms. The van der Waals surface area contributed by atoms with Crippen LogP contribution in [0.1, 0.15) is 48.2 Å². The van der Waals surface area contributed by atoms with Gasteiger partial charge in [-0.05, 0) is 61.6 Å². The molecular weight excluding hydrogens is 318 g/mol. The van der Waals surface area contributed by atoms with Crippen LogP contribution in [0.2, 0.25) is 0 Å². The van der Waals surface area contributed by atoms with Gasteiger partial charge in [0, 0.05) is 23.7 Å². The molecule has 5 rings (SSSR count). The van der Waals surface area contributed by atoms with Gasteiger partial charge >= 0.3 is 0 Å². The number of nitrogens with one attached hydrogen (secondary N) is 1. The van der Waals surface area contributed by atoms with Crippen LogP contribution in [-0.2, 0) is 0 Å². The summed E-state index contributed by atoms with van der Waals surface area (Å²) in [6.07, 6.45) is 4.47. The standard InChI is InChI=1S/C23H27N3/c1-25-16-20(22-15-17-9-3-6-12-21(17)24-22)18-10-4-5-11-19(18)23(25)26-13-7-2-8-14-26/h3-6,9-12,15,20,23-24H,2,7-8,13-14,16H2,1H3. The smallest absolute Gasteiger partial charge is 0.0886 e. The summed E-state index contributed by atoms with van der Waals surface area (Å²) in [5.41, 5.74) is 5.56. The van der Waals surface area contributed by atoms with Crippen LogP contribution in [0.4, 0.5) is 0 Å². The first kappa shape index (κ1) is 16.1. The number of hydrogen-bond donors (Lipinski definition) is 1. The number of rotatable bonds is 2. The molecule has 1 fully saturated rings. The summed E-state index contributed by atoms with van der Waals surface area (Å²) in [5.74, 6) is 0.407. The molecule has 0 aliphatic carbocycles. The molecule has 2 atom stereocenters. The number of para-hydroxylation sites is 1. The Hall–Kier alpha value is -2.10. The molecule has 0 spiro atoms. The monoisotopic (exact) mass is 345 g/mol. The molecule has 2 aliphatic rings. The topological polar surface area (TPSA) is 22.3 Å². The zero-order valence-corrected chi connectivity index (χ0v) is 15.5. The Morgan fingerprint density at radius 1 is 0.885 bits per heavy atom. The van der Waals surface area contributed by atoms with Crippen molar-refractivity contribution in [3.05, 3.63) is 71.4 Å². The number of piperidine rings is 1. The summed E-state index contributed by atoms with van der Waals surface area (Å²) >= 11 is 0. The lowest BCUT2D eigenvalue weighted by atomic mass is 9.85. The lowest BCUT2D eigenvalue weighted by Crippen LogP contribution is -2.46. The zero-order valence-electron chi connectivity index (χ0n) is 15.5. The number of benzene rings is 2. The molecule has 0 saturated carbocycles. The van der Waals surface area contributed by atoms with Crippen LogP contribution in [-0.4, -0.2) is 41.5 Å². The van der Waals surface area contributed by atoms with Crippen molar-refractivity contribution in [1.82, 2.24) is 14.8 Å².